The molecule has 0 aliphatic rings. The zero-order chi connectivity index (χ0) is 15.4. The van der Waals surface area contributed by atoms with Crippen molar-refractivity contribution >= 4 is 46.0 Å². The van der Waals surface area contributed by atoms with Gasteiger partial charge in [0.15, 0.2) is 0 Å². The maximum Gasteiger partial charge on any atom is 0.337 e. The van der Waals surface area contributed by atoms with E-state index in [4.69, 9.17) is 5.11 Å². The zero-order valence-electron chi connectivity index (χ0n) is 10.6. The highest BCUT2D eigenvalue weighted by Crippen LogP contribution is 2.19. The fourth-order valence-electron chi connectivity index (χ4n) is 1.62. The second-order valence-corrected chi connectivity index (χ2v) is 5.33. The van der Waals surface area contributed by atoms with Crippen molar-refractivity contribution in [1.29, 1.82) is 0 Å². The Kier molecular flexibility index (Phi) is 4.73. The Morgan fingerprint density at radius 3 is 2.33 bits per heavy atom. The monoisotopic (exact) mass is 400 g/mol. The van der Waals surface area contributed by atoms with Crippen LogP contribution in [0.3, 0.4) is 0 Å². The quantitative estimate of drug-likeness (QED) is 0.687. The molecule has 2 aromatic carbocycles. The summed E-state index contributed by atoms with van der Waals surface area (Å²) >= 11 is 1.98. The third-order valence-corrected chi connectivity index (χ3v) is 3.23. The molecule has 0 heterocycles. The third kappa shape index (κ3) is 4.15. The van der Waals surface area contributed by atoms with Crippen LogP contribution in [-0.2, 0) is 0 Å². The second-order valence-electron chi connectivity index (χ2n) is 4.08. The van der Waals surface area contributed by atoms with Crippen molar-refractivity contribution in [2.75, 3.05) is 10.6 Å². The van der Waals surface area contributed by atoms with Crippen molar-refractivity contribution in [3.05, 3.63) is 57.4 Å². The number of hydrogen-bond acceptors (Lipinski definition) is 2. The van der Waals surface area contributed by atoms with Crippen molar-refractivity contribution in [1.82, 2.24) is 0 Å². The number of aromatic carboxylic acids is 1. The molecule has 2 rings (SSSR count). The second kappa shape index (κ2) is 6.53. The van der Waals surface area contributed by atoms with Crippen LogP contribution in [0.15, 0.2) is 42.5 Å². The van der Waals surface area contributed by atoms with E-state index in [0.29, 0.717) is 5.69 Å². The van der Waals surface area contributed by atoms with Gasteiger partial charge in [0.1, 0.15) is 5.82 Å². The smallest absolute Gasteiger partial charge is 0.337 e. The van der Waals surface area contributed by atoms with Gasteiger partial charge in [-0.05, 0) is 65.1 Å². The number of urea groups is 1. The van der Waals surface area contributed by atoms with Crippen LogP contribution in [0.4, 0.5) is 20.6 Å². The van der Waals surface area contributed by atoms with E-state index in [2.05, 4.69) is 10.6 Å². The van der Waals surface area contributed by atoms with Gasteiger partial charge in [-0.25, -0.2) is 14.0 Å². The van der Waals surface area contributed by atoms with Crippen LogP contribution in [0.1, 0.15) is 10.4 Å². The van der Waals surface area contributed by atoms with E-state index in [-0.39, 0.29) is 11.3 Å². The van der Waals surface area contributed by atoms with Crippen LogP contribution in [0.2, 0.25) is 0 Å². The molecule has 2 aromatic rings. The predicted octanol–water partition coefficient (Wildman–Crippen LogP) is 3.77. The minimum Gasteiger partial charge on any atom is -0.478 e. The van der Waals surface area contributed by atoms with Gasteiger partial charge in [-0.15, -0.1) is 0 Å². The number of halogens is 2. The standard InChI is InChI=1S/C14H10FIN2O3/c15-8-1-4-10(5-2-8)17-14(21)18-12-6-3-9(16)7-11(12)13(19)20/h1-7H,(H,19,20)(H2,17,18,21). The lowest BCUT2D eigenvalue weighted by Crippen LogP contribution is -2.21. The normalized spacial score (nSPS) is 10.0. The molecule has 0 radical (unpaired) electrons. The SMILES string of the molecule is O=C(Nc1ccc(F)cc1)Nc1ccc(I)cc1C(=O)O. The van der Waals surface area contributed by atoms with Crippen molar-refractivity contribution in [3.8, 4) is 0 Å². The van der Waals surface area contributed by atoms with Crippen molar-refractivity contribution in [2.45, 2.75) is 0 Å². The predicted molar refractivity (Wildman–Crippen MR) is 85.2 cm³/mol. The van der Waals surface area contributed by atoms with Gasteiger partial charge in [0.05, 0.1) is 11.3 Å². The lowest BCUT2D eigenvalue weighted by Gasteiger charge is -2.10. The number of carbonyl (C=O) groups is 2. The topological polar surface area (TPSA) is 78.4 Å². The third-order valence-electron chi connectivity index (χ3n) is 2.56. The van der Waals surface area contributed by atoms with Gasteiger partial charge in [-0.1, -0.05) is 0 Å². The fraction of sp³-hybridized carbons (Fsp3) is 0. The summed E-state index contributed by atoms with van der Waals surface area (Å²) < 4.78 is 13.5. The highest BCUT2D eigenvalue weighted by molar-refractivity contribution is 14.1. The first-order valence-electron chi connectivity index (χ1n) is 5.82. The average molecular weight is 400 g/mol. The molecule has 2 amide bonds. The first-order valence-corrected chi connectivity index (χ1v) is 6.90. The highest BCUT2D eigenvalue weighted by atomic mass is 127. The fourth-order valence-corrected chi connectivity index (χ4v) is 2.11. The summed E-state index contributed by atoms with van der Waals surface area (Å²) in [4.78, 5) is 23.0. The molecule has 0 aliphatic carbocycles. The number of anilines is 2. The molecule has 0 spiro atoms. The molecular weight excluding hydrogens is 390 g/mol. The Morgan fingerprint density at radius 2 is 1.71 bits per heavy atom. The summed E-state index contributed by atoms with van der Waals surface area (Å²) in [5.41, 5.74) is 0.579. The molecule has 3 N–H and O–H groups in total. The zero-order valence-corrected chi connectivity index (χ0v) is 12.7. The molecule has 108 valence electrons. The number of amides is 2. The number of nitrogens with one attached hydrogen (secondary N) is 2. The summed E-state index contributed by atoms with van der Waals surface area (Å²) in [6, 6.07) is 9.27. The summed E-state index contributed by atoms with van der Waals surface area (Å²) in [6.07, 6.45) is 0. The van der Waals surface area contributed by atoms with Gasteiger partial charge in [0, 0.05) is 9.26 Å². The molecule has 21 heavy (non-hydrogen) atoms. The highest BCUT2D eigenvalue weighted by Gasteiger charge is 2.13. The van der Waals surface area contributed by atoms with Crippen LogP contribution >= 0.6 is 22.6 Å². The molecule has 0 unspecified atom stereocenters. The Hall–Kier alpha value is -2.16. The van der Waals surface area contributed by atoms with Crippen LogP contribution in [0, 0.1) is 9.39 Å². The summed E-state index contributed by atoms with van der Waals surface area (Å²) in [5, 5.41) is 14.0. The summed E-state index contributed by atoms with van der Waals surface area (Å²) in [5.74, 6) is -1.54. The summed E-state index contributed by atoms with van der Waals surface area (Å²) in [7, 11) is 0. The van der Waals surface area contributed by atoms with Crippen molar-refractivity contribution < 1.29 is 19.1 Å². The van der Waals surface area contributed by atoms with E-state index in [1.54, 1.807) is 6.07 Å². The average Bonchev–Trinajstić information content (AvgIpc) is 2.43. The van der Waals surface area contributed by atoms with Gasteiger partial charge in [0.25, 0.3) is 0 Å². The Morgan fingerprint density at radius 1 is 1.05 bits per heavy atom. The van der Waals surface area contributed by atoms with Crippen LogP contribution in [0.25, 0.3) is 0 Å². The number of carbonyl (C=O) groups excluding carboxylic acids is 1. The number of benzene rings is 2. The first-order chi connectivity index (χ1) is 9.95. The van der Waals surface area contributed by atoms with E-state index in [0.717, 1.165) is 3.57 Å². The number of carboxylic acid groups (broad SMARTS) is 1. The molecule has 0 aliphatic heterocycles. The largest absolute Gasteiger partial charge is 0.478 e. The maximum atomic E-state index is 12.8. The van der Waals surface area contributed by atoms with E-state index < -0.39 is 17.8 Å². The minimum absolute atomic E-state index is 0.00356. The van der Waals surface area contributed by atoms with Crippen molar-refractivity contribution in [3.63, 3.8) is 0 Å². The van der Waals surface area contributed by atoms with Gasteiger partial charge >= 0.3 is 12.0 Å². The van der Waals surface area contributed by atoms with Gasteiger partial charge in [-0.3, -0.25) is 0 Å². The van der Waals surface area contributed by atoms with E-state index in [9.17, 15) is 14.0 Å². The van der Waals surface area contributed by atoms with Crippen molar-refractivity contribution in [2.24, 2.45) is 0 Å². The van der Waals surface area contributed by atoms with Gasteiger partial charge in [0.2, 0.25) is 0 Å². The number of hydrogen-bond donors (Lipinski definition) is 3. The minimum atomic E-state index is -1.13. The van der Waals surface area contributed by atoms with Crippen LogP contribution < -0.4 is 10.6 Å². The van der Waals surface area contributed by atoms with Crippen LogP contribution in [-0.4, -0.2) is 17.1 Å². The molecule has 0 atom stereocenters. The molecule has 7 heteroatoms. The van der Waals surface area contributed by atoms with Gasteiger partial charge < -0.3 is 15.7 Å². The molecule has 5 nitrogen and oxygen atoms in total. The van der Waals surface area contributed by atoms with E-state index >= 15 is 0 Å². The lowest BCUT2D eigenvalue weighted by atomic mass is 10.2. The number of rotatable bonds is 3. The maximum absolute atomic E-state index is 12.8. The molecular formula is C14H10FIN2O3. The van der Waals surface area contributed by atoms with E-state index in [1.807, 2.05) is 22.6 Å². The van der Waals surface area contributed by atoms with Gasteiger partial charge in [-0.2, -0.15) is 0 Å². The Balaban J connectivity index is 2.12. The molecule has 0 saturated carbocycles. The van der Waals surface area contributed by atoms with E-state index in [1.165, 1.54) is 36.4 Å². The number of carboxylic acids is 1. The molecule has 0 bridgehead atoms. The molecule has 0 fully saturated rings. The molecule has 0 saturated heterocycles. The molecule has 0 aromatic heterocycles. The lowest BCUT2D eigenvalue weighted by molar-refractivity contribution is 0.0698. The first kappa shape index (κ1) is 15.2. The summed E-state index contributed by atoms with van der Waals surface area (Å²) in [6.45, 7) is 0. The Labute approximate surface area is 133 Å². The Bertz CT molecular complexity index is 689. The van der Waals surface area contributed by atoms with Crippen LogP contribution in [0.5, 0.6) is 0 Å².